The molecule has 2 aromatic rings. The van der Waals surface area contributed by atoms with Crippen molar-refractivity contribution in [3.63, 3.8) is 0 Å². The van der Waals surface area contributed by atoms with Crippen molar-refractivity contribution in [3.05, 3.63) is 51.2 Å². The normalized spacial score (nSPS) is 17.0. The second kappa shape index (κ2) is 6.65. The molecule has 6 heteroatoms. The lowest BCUT2D eigenvalue weighted by atomic mass is 10.0. The van der Waals surface area contributed by atoms with Crippen LogP contribution in [0.2, 0.25) is 0 Å². The first-order valence-electron chi connectivity index (χ1n) is 7.76. The highest BCUT2D eigenvalue weighted by molar-refractivity contribution is 7.10. The maximum atomic E-state index is 12.5. The zero-order valence-electron chi connectivity index (χ0n) is 13.5. The summed E-state index contributed by atoms with van der Waals surface area (Å²) in [6.07, 6.45) is -0.256. The minimum Gasteiger partial charge on any atom is -0.481 e. The number of hydrogen-bond acceptors (Lipinski definition) is 4. The number of carboxylic acid groups (broad SMARTS) is 1. The lowest BCUT2D eigenvalue weighted by molar-refractivity contribution is -0.138. The molecule has 0 bridgehead atoms. The molecule has 126 valence electrons. The average molecular weight is 345 g/mol. The molecule has 1 aliphatic heterocycles. The number of carboxylic acids is 1. The number of amides is 1. The molecule has 1 aromatic heterocycles. The van der Waals surface area contributed by atoms with Gasteiger partial charge in [-0.2, -0.15) is 0 Å². The Kier molecular flexibility index (Phi) is 4.57. The summed E-state index contributed by atoms with van der Waals surface area (Å²) in [5, 5.41) is 13.8. The number of aryl methyl sites for hydroxylation is 2. The highest BCUT2D eigenvalue weighted by Gasteiger charge is 2.31. The molecular formula is C18H19NO4S. The van der Waals surface area contributed by atoms with Crippen molar-refractivity contribution < 1.29 is 19.4 Å². The second-order valence-corrected chi connectivity index (χ2v) is 7.01. The van der Waals surface area contributed by atoms with Gasteiger partial charge in [-0.15, -0.1) is 11.3 Å². The fraction of sp³-hybridized carbons (Fsp3) is 0.333. The molecule has 0 radical (unpaired) electrons. The number of carbonyl (C=O) groups is 2. The van der Waals surface area contributed by atoms with E-state index in [4.69, 9.17) is 9.84 Å². The van der Waals surface area contributed by atoms with Crippen LogP contribution in [0.1, 0.15) is 34.0 Å². The molecule has 0 saturated heterocycles. The maximum absolute atomic E-state index is 12.5. The van der Waals surface area contributed by atoms with E-state index in [2.05, 4.69) is 5.32 Å². The third-order valence-electron chi connectivity index (χ3n) is 4.23. The topological polar surface area (TPSA) is 75.6 Å². The molecule has 1 aliphatic rings. The molecule has 1 amide bonds. The van der Waals surface area contributed by atoms with Crippen LogP contribution in [0.3, 0.4) is 0 Å². The van der Waals surface area contributed by atoms with Crippen molar-refractivity contribution in [2.24, 2.45) is 0 Å². The Labute approximate surface area is 144 Å². The summed E-state index contributed by atoms with van der Waals surface area (Å²) in [5.41, 5.74) is 3.31. The third-order valence-corrected chi connectivity index (χ3v) is 5.21. The van der Waals surface area contributed by atoms with Crippen LogP contribution in [0, 0.1) is 13.8 Å². The van der Waals surface area contributed by atoms with E-state index in [1.165, 1.54) is 16.9 Å². The van der Waals surface area contributed by atoms with Gasteiger partial charge in [0, 0.05) is 11.3 Å². The fourth-order valence-electron chi connectivity index (χ4n) is 2.81. The monoisotopic (exact) mass is 345 g/mol. The van der Waals surface area contributed by atoms with Crippen LogP contribution in [-0.4, -0.2) is 23.1 Å². The molecule has 2 atom stereocenters. The van der Waals surface area contributed by atoms with E-state index in [-0.39, 0.29) is 12.3 Å². The van der Waals surface area contributed by atoms with Crippen LogP contribution in [0.25, 0.3) is 0 Å². The molecule has 3 rings (SSSR count). The van der Waals surface area contributed by atoms with E-state index in [1.54, 1.807) is 0 Å². The minimum atomic E-state index is -0.949. The van der Waals surface area contributed by atoms with Gasteiger partial charge in [0.25, 0.3) is 5.91 Å². The molecule has 24 heavy (non-hydrogen) atoms. The van der Waals surface area contributed by atoms with Gasteiger partial charge in [-0.05, 0) is 48.1 Å². The Morgan fingerprint density at radius 1 is 1.38 bits per heavy atom. The molecule has 0 spiro atoms. The number of carbonyl (C=O) groups excluding carboxylic acids is 1. The molecule has 1 aromatic carbocycles. The molecule has 0 aliphatic carbocycles. The van der Waals surface area contributed by atoms with Gasteiger partial charge in [0.05, 0.1) is 12.5 Å². The number of aliphatic carboxylic acids is 1. The van der Waals surface area contributed by atoms with Gasteiger partial charge in [-0.3, -0.25) is 9.59 Å². The maximum Gasteiger partial charge on any atom is 0.305 e. The van der Waals surface area contributed by atoms with Crippen LogP contribution in [0.4, 0.5) is 0 Å². The first kappa shape index (κ1) is 16.5. The summed E-state index contributed by atoms with van der Waals surface area (Å²) in [7, 11) is 0. The number of thiophene rings is 1. The van der Waals surface area contributed by atoms with E-state index in [1.807, 2.05) is 43.5 Å². The summed E-state index contributed by atoms with van der Waals surface area (Å²) in [5.74, 6) is -0.485. The predicted octanol–water partition coefficient (Wildman–Crippen LogP) is 3.00. The number of fused-ring (bicyclic) bond motifs is 1. The lowest BCUT2D eigenvalue weighted by Gasteiger charge is -2.18. The van der Waals surface area contributed by atoms with Crippen molar-refractivity contribution >= 4 is 23.2 Å². The number of ether oxygens (including phenoxy) is 1. The van der Waals surface area contributed by atoms with Crippen LogP contribution in [0.15, 0.2) is 29.6 Å². The first-order chi connectivity index (χ1) is 11.4. The molecular weight excluding hydrogens is 326 g/mol. The highest BCUT2D eigenvalue weighted by atomic mass is 32.1. The molecule has 0 fully saturated rings. The Hall–Kier alpha value is -2.34. The summed E-state index contributed by atoms with van der Waals surface area (Å²) in [6, 6.07) is 7.13. The summed E-state index contributed by atoms with van der Waals surface area (Å²) < 4.78 is 5.77. The standard InChI is InChI=1S/C18H19NO4S/c1-10-6-12-8-15(23-14(12)7-11(10)2)18(22)19-13(9-17(20)21)16-4-3-5-24-16/h3-7,13,15H,8-9H2,1-2H3,(H,19,22)(H,20,21)/t13-,15+/m1/s1. The van der Waals surface area contributed by atoms with Crippen molar-refractivity contribution in [2.75, 3.05) is 0 Å². The van der Waals surface area contributed by atoms with Crippen molar-refractivity contribution in [3.8, 4) is 5.75 Å². The van der Waals surface area contributed by atoms with Crippen LogP contribution in [0.5, 0.6) is 5.75 Å². The molecule has 0 unspecified atom stereocenters. The van der Waals surface area contributed by atoms with E-state index < -0.39 is 18.1 Å². The van der Waals surface area contributed by atoms with Gasteiger partial charge in [-0.1, -0.05) is 12.1 Å². The van der Waals surface area contributed by atoms with Gasteiger partial charge in [0.15, 0.2) is 6.10 Å². The number of rotatable bonds is 5. The summed E-state index contributed by atoms with van der Waals surface area (Å²) >= 11 is 1.43. The smallest absolute Gasteiger partial charge is 0.305 e. The average Bonchev–Trinajstić information content (AvgIpc) is 3.16. The van der Waals surface area contributed by atoms with E-state index in [9.17, 15) is 9.59 Å². The first-order valence-corrected chi connectivity index (χ1v) is 8.64. The van der Waals surface area contributed by atoms with Crippen LogP contribution >= 0.6 is 11.3 Å². The van der Waals surface area contributed by atoms with Gasteiger partial charge in [0.1, 0.15) is 5.75 Å². The van der Waals surface area contributed by atoms with Gasteiger partial charge < -0.3 is 15.2 Å². The highest BCUT2D eigenvalue weighted by Crippen LogP contribution is 2.32. The van der Waals surface area contributed by atoms with Gasteiger partial charge in [0.2, 0.25) is 0 Å². The number of nitrogens with one attached hydrogen (secondary N) is 1. The Morgan fingerprint density at radius 2 is 2.12 bits per heavy atom. The van der Waals surface area contributed by atoms with Crippen LogP contribution < -0.4 is 10.1 Å². The Bertz CT molecular complexity index is 739. The van der Waals surface area contributed by atoms with E-state index in [0.717, 1.165) is 21.8 Å². The Morgan fingerprint density at radius 3 is 2.79 bits per heavy atom. The number of hydrogen-bond donors (Lipinski definition) is 2. The second-order valence-electron chi connectivity index (χ2n) is 6.03. The molecule has 0 saturated carbocycles. The summed E-state index contributed by atoms with van der Waals surface area (Å²) in [4.78, 5) is 24.5. The quantitative estimate of drug-likeness (QED) is 0.873. The zero-order chi connectivity index (χ0) is 17.3. The fourth-order valence-corrected chi connectivity index (χ4v) is 3.59. The van der Waals surface area contributed by atoms with Crippen LogP contribution in [-0.2, 0) is 16.0 Å². The van der Waals surface area contributed by atoms with E-state index >= 15 is 0 Å². The predicted molar refractivity (Wildman–Crippen MR) is 91.5 cm³/mol. The minimum absolute atomic E-state index is 0.149. The van der Waals surface area contributed by atoms with Gasteiger partial charge >= 0.3 is 5.97 Å². The molecule has 2 N–H and O–H groups in total. The SMILES string of the molecule is Cc1cc2c(cc1C)O[C@H](C(=O)N[C@H](CC(=O)O)c1cccs1)C2. The largest absolute Gasteiger partial charge is 0.481 e. The Balaban J connectivity index is 1.71. The lowest BCUT2D eigenvalue weighted by Crippen LogP contribution is -2.40. The van der Waals surface area contributed by atoms with Gasteiger partial charge in [-0.25, -0.2) is 0 Å². The summed E-state index contributed by atoms with van der Waals surface area (Å²) in [6.45, 7) is 4.04. The molecule has 2 heterocycles. The van der Waals surface area contributed by atoms with Crippen molar-refractivity contribution in [2.45, 2.75) is 38.8 Å². The van der Waals surface area contributed by atoms with Crippen molar-refractivity contribution in [1.29, 1.82) is 0 Å². The zero-order valence-corrected chi connectivity index (χ0v) is 14.4. The van der Waals surface area contributed by atoms with E-state index in [0.29, 0.717) is 6.42 Å². The van der Waals surface area contributed by atoms with Crippen molar-refractivity contribution in [1.82, 2.24) is 5.32 Å². The number of benzene rings is 1. The molecule has 5 nitrogen and oxygen atoms in total. The third kappa shape index (κ3) is 3.43.